The van der Waals surface area contributed by atoms with E-state index in [1.165, 1.54) is 26.9 Å². The lowest BCUT2D eigenvalue weighted by molar-refractivity contribution is 0.932. The zero-order valence-corrected chi connectivity index (χ0v) is 12.0. The van der Waals surface area contributed by atoms with Crippen LogP contribution >= 0.6 is 11.8 Å². The molecule has 2 heteroatoms. The molecule has 3 aromatic rings. The SMILES string of the molecule is CSc1ccc2[nH]cc(C(C)c3ccccc3)c2c1. The third kappa shape index (κ3) is 2.28. The second kappa shape index (κ2) is 5.14. The second-order valence-electron chi connectivity index (χ2n) is 4.79. The summed E-state index contributed by atoms with van der Waals surface area (Å²) in [5.74, 6) is 0.409. The highest BCUT2D eigenvalue weighted by atomic mass is 32.2. The second-order valence-corrected chi connectivity index (χ2v) is 5.67. The molecule has 19 heavy (non-hydrogen) atoms. The van der Waals surface area contributed by atoms with Gasteiger partial charge in [0.15, 0.2) is 0 Å². The minimum absolute atomic E-state index is 0.409. The summed E-state index contributed by atoms with van der Waals surface area (Å²) in [5.41, 5.74) is 3.95. The van der Waals surface area contributed by atoms with Gasteiger partial charge in [0.1, 0.15) is 0 Å². The molecule has 0 fully saturated rings. The molecule has 1 nitrogen and oxygen atoms in total. The Hall–Kier alpha value is -1.67. The number of fused-ring (bicyclic) bond motifs is 1. The van der Waals surface area contributed by atoms with E-state index in [1.54, 1.807) is 11.8 Å². The smallest absolute Gasteiger partial charge is 0.0457 e. The predicted octanol–water partition coefficient (Wildman–Crippen LogP) is 5.04. The molecule has 0 amide bonds. The van der Waals surface area contributed by atoms with Gasteiger partial charge in [-0.3, -0.25) is 0 Å². The van der Waals surface area contributed by atoms with Gasteiger partial charge in [-0.25, -0.2) is 0 Å². The maximum absolute atomic E-state index is 3.38. The van der Waals surface area contributed by atoms with E-state index < -0.39 is 0 Å². The summed E-state index contributed by atoms with van der Waals surface area (Å²) < 4.78 is 0. The summed E-state index contributed by atoms with van der Waals surface area (Å²) in [4.78, 5) is 4.69. The van der Waals surface area contributed by atoms with Crippen LogP contribution in [0.2, 0.25) is 0 Å². The first-order valence-electron chi connectivity index (χ1n) is 6.49. The van der Waals surface area contributed by atoms with Crippen LogP contribution in [0, 0.1) is 0 Å². The largest absolute Gasteiger partial charge is 0.361 e. The standard InChI is InChI=1S/C17H17NS/c1-12(13-6-4-3-5-7-13)16-11-18-17-9-8-14(19-2)10-15(16)17/h3-12,18H,1-2H3. The normalized spacial score (nSPS) is 12.7. The van der Waals surface area contributed by atoms with Gasteiger partial charge in [0, 0.05) is 27.9 Å². The number of hydrogen-bond donors (Lipinski definition) is 1. The van der Waals surface area contributed by atoms with Crippen molar-refractivity contribution in [3.05, 3.63) is 65.9 Å². The summed E-state index contributed by atoms with van der Waals surface area (Å²) in [6.45, 7) is 2.27. The van der Waals surface area contributed by atoms with Crippen molar-refractivity contribution < 1.29 is 0 Å². The summed E-state index contributed by atoms with van der Waals surface area (Å²) in [7, 11) is 0. The number of H-pyrrole nitrogens is 1. The van der Waals surface area contributed by atoms with Crippen LogP contribution in [0.4, 0.5) is 0 Å². The molecule has 1 unspecified atom stereocenters. The fraction of sp³-hybridized carbons (Fsp3) is 0.176. The van der Waals surface area contributed by atoms with Crippen LogP contribution in [-0.2, 0) is 0 Å². The van der Waals surface area contributed by atoms with Gasteiger partial charge in [0.05, 0.1) is 0 Å². The molecular weight excluding hydrogens is 250 g/mol. The Morgan fingerprint density at radius 1 is 1.05 bits per heavy atom. The van der Waals surface area contributed by atoms with E-state index in [2.05, 4.69) is 72.9 Å². The Kier molecular flexibility index (Phi) is 3.34. The maximum atomic E-state index is 3.38. The van der Waals surface area contributed by atoms with Crippen LogP contribution in [0.3, 0.4) is 0 Å². The van der Waals surface area contributed by atoms with Gasteiger partial charge < -0.3 is 4.98 Å². The van der Waals surface area contributed by atoms with Crippen LogP contribution in [0.15, 0.2) is 59.6 Å². The number of thioether (sulfide) groups is 1. The first-order valence-corrected chi connectivity index (χ1v) is 7.72. The number of hydrogen-bond acceptors (Lipinski definition) is 1. The third-order valence-electron chi connectivity index (χ3n) is 3.69. The van der Waals surface area contributed by atoms with Crippen molar-refractivity contribution in [1.82, 2.24) is 4.98 Å². The molecule has 1 heterocycles. The first-order chi connectivity index (χ1) is 9.29. The minimum atomic E-state index is 0.409. The van der Waals surface area contributed by atoms with Crippen LogP contribution in [0.5, 0.6) is 0 Å². The first kappa shape index (κ1) is 12.4. The maximum Gasteiger partial charge on any atom is 0.0457 e. The zero-order chi connectivity index (χ0) is 13.2. The van der Waals surface area contributed by atoms with E-state index in [4.69, 9.17) is 0 Å². The fourth-order valence-electron chi connectivity index (χ4n) is 2.53. The summed E-state index contributed by atoms with van der Waals surface area (Å²) in [6, 6.07) is 17.3. The van der Waals surface area contributed by atoms with E-state index in [9.17, 15) is 0 Å². The van der Waals surface area contributed by atoms with Gasteiger partial charge in [0.2, 0.25) is 0 Å². The van der Waals surface area contributed by atoms with E-state index in [0.717, 1.165) is 0 Å². The number of rotatable bonds is 3. The Balaban J connectivity index is 2.09. The lowest BCUT2D eigenvalue weighted by atomic mass is 9.93. The van der Waals surface area contributed by atoms with Crippen molar-refractivity contribution in [3.63, 3.8) is 0 Å². The molecule has 0 saturated heterocycles. The predicted molar refractivity (Wildman–Crippen MR) is 84.0 cm³/mol. The molecule has 0 saturated carbocycles. The molecule has 0 radical (unpaired) electrons. The molecule has 0 aliphatic carbocycles. The summed E-state index contributed by atoms with van der Waals surface area (Å²) in [5, 5.41) is 1.34. The lowest BCUT2D eigenvalue weighted by Crippen LogP contribution is -1.94. The van der Waals surface area contributed by atoms with Crippen molar-refractivity contribution in [2.75, 3.05) is 6.26 Å². The van der Waals surface area contributed by atoms with Crippen LogP contribution in [0.1, 0.15) is 24.0 Å². The van der Waals surface area contributed by atoms with E-state index >= 15 is 0 Å². The van der Waals surface area contributed by atoms with Crippen molar-refractivity contribution in [1.29, 1.82) is 0 Å². The molecule has 96 valence electrons. The Labute approximate surface area is 118 Å². The van der Waals surface area contributed by atoms with Crippen molar-refractivity contribution >= 4 is 22.7 Å². The average Bonchev–Trinajstić information content (AvgIpc) is 2.90. The van der Waals surface area contributed by atoms with Crippen LogP contribution in [-0.4, -0.2) is 11.2 Å². The monoisotopic (exact) mass is 267 g/mol. The average molecular weight is 267 g/mol. The molecule has 0 spiro atoms. The number of aromatic amines is 1. The Bertz CT molecular complexity index is 685. The molecule has 1 N–H and O–H groups in total. The van der Waals surface area contributed by atoms with Gasteiger partial charge in [0.25, 0.3) is 0 Å². The third-order valence-corrected chi connectivity index (χ3v) is 4.41. The van der Waals surface area contributed by atoms with Gasteiger partial charge in [-0.15, -0.1) is 11.8 Å². The molecule has 3 rings (SSSR count). The quantitative estimate of drug-likeness (QED) is 0.657. The fourth-order valence-corrected chi connectivity index (χ4v) is 2.97. The van der Waals surface area contributed by atoms with Crippen molar-refractivity contribution in [3.8, 4) is 0 Å². The lowest BCUT2D eigenvalue weighted by Gasteiger charge is -2.11. The van der Waals surface area contributed by atoms with Crippen LogP contribution < -0.4 is 0 Å². The Morgan fingerprint density at radius 3 is 2.58 bits per heavy atom. The number of benzene rings is 2. The topological polar surface area (TPSA) is 15.8 Å². The van der Waals surface area contributed by atoms with Crippen LogP contribution in [0.25, 0.3) is 10.9 Å². The molecular formula is C17H17NS. The van der Waals surface area contributed by atoms with Gasteiger partial charge in [-0.1, -0.05) is 37.3 Å². The highest BCUT2D eigenvalue weighted by Gasteiger charge is 2.13. The molecule has 0 aliphatic rings. The molecule has 0 bridgehead atoms. The van der Waals surface area contributed by atoms with E-state index in [1.807, 2.05) is 0 Å². The summed E-state index contributed by atoms with van der Waals surface area (Å²) >= 11 is 1.79. The van der Waals surface area contributed by atoms with E-state index in [-0.39, 0.29) is 0 Å². The summed E-state index contributed by atoms with van der Waals surface area (Å²) in [6.07, 6.45) is 4.26. The highest BCUT2D eigenvalue weighted by Crippen LogP contribution is 2.32. The zero-order valence-electron chi connectivity index (χ0n) is 11.2. The molecule has 1 atom stereocenters. The Morgan fingerprint density at radius 2 is 1.84 bits per heavy atom. The molecule has 0 aliphatic heterocycles. The number of aromatic nitrogens is 1. The van der Waals surface area contributed by atoms with Gasteiger partial charge in [-0.05, 0) is 35.6 Å². The van der Waals surface area contributed by atoms with Gasteiger partial charge in [-0.2, -0.15) is 0 Å². The minimum Gasteiger partial charge on any atom is -0.361 e. The van der Waals surface area contributed by atoms with Crippen molar-refractivity contribution in [2.24, 2.45) is 0 Å². The molecule has 1 aromatic heterocycles. The number of nitrogens with one attached hydrogen (secondary N) is 1. The van der Waals surface area contributed by atoms with Gasteiger partial charge >= 0.3 is 0 Å². The van der Waals surface area contributed by atoms with E-state index in [0.29, 0.717) is 5.92 Å². The molecule has 2 aromatic carbocycles. The van der Waals surface area contributed by atoms with Crippen molar-refractivity contribution in [2.45, 2.75) is 17.7 Å². The highest BCUT2D eigenvalue weighted by molar-refractivity contribution is 7.98.